The van der Waals surface area contributed by atoms with Gasteiger partial charge in [0.05, 0.1) is 11.9 Å². The zero-order valence-corrected chi connectivity index (χ0v) is 22.8. The van der Waals surface area contributed by atoms with Crippen molar-refractivity contribution >= 4 is 27.5 Å². The van der Waals surface area contributed by atoms with Crippen LogP contribution >= 0.6 is 0 Å². The monoisotopic (exact) mass is 501 g/mol. The van der Waals surface area contributed by atoms with Gasteiger partial charge in [-0.3, -0.25) is 13.9 Å². The lowest BCUT2D eigenvalue weighted by molar-refractivity contribution is -0.141. The molecule has 0 aliphatic carbocycles. The Hall–Kier alpha value is -2.87. The molecule has 0 aromatic heterocycles. The lowest BCUT2D eigenvalue weighted by atomic mass is 10.1. The summed E-state index contributed by atoms with van der Waals surface area (Å²) in [6.07, 6.45) is 1.62. The molecule has 8 heteroatoms. The Kier molecular flexibility index (Phi) is 9.49. The number of anilines is 1. The van der Waals surface area contributed by atoms with Crippen molar-refractivity contribution in [3.05, 3.63) is 65.2 Å². The number of hydrogen-bond acceptors (Lipinski definition) is 4. The Balaban J connectivity index is 2.19. The number of hydrogen-bond donors (Lipinski definition) is 1. The number of nitrogens with one attached hydrogen (secondary N) is 1. The van der Waals surface area contributed by atoms with Crippen molar-refractivity contribution in [2.45, 2.75) is 72.5 Å². The summed E-state index contributed by atoms with van der Waals surface area (Å²) in [6, 6.07) is 14.3. The molecule has 0 saturated carbocycles. The molecule has 0 fully saturated rings. The summed E-state index contributed by atoms with van der Waals surface area (Å²) in [4.78, 5) is 27.9. The number of rotatable bonds is 10. The molecule has 0 radical (unpaired) electrons. The van der Waals surface area contributed by atoms with Crippen LogP contribution in [0, 0.1) is 13.8 Å². The van der Waals surface area contributed by atoms with E-state index in [4.69, 9.17) is 0 Å². The SMILES string of the molecule is Cc1ccc(N(CCCC(=O)N(Cc2ccccc2C)C(C)C(=O)NC(C)(C)C)S(C)(=O)=O)cc1. The molecule has 192 valence electrons. The Morgan fingerprint density at radius 2 is 1.60 bits per heavy atom. The summed E-state index contributed by atoms with van der Waals surface area (Å²) in [5.41, 5.74) is 3.18. The summed E-state index contributed by atoms with van der Waals surface area (Å²) < 4.78 is 26.1. The van der Waals surface area contributed by atoms with Gasteiger partial charge in [0, 0.05) is 25.0 Å². The molecular weight excluding hydrogens is 462 g/mol. The van der Waals surface area contributed by atoms with Gasteiger partial charge in [-0.15, -0.1) is 0 Å². The zero-order valence-electron chi connectivity index (χ0n) is 22.0. The largest absolute Gasteiger partial charge is 0.350 e. The van der Waals surface area contributed by atoms with Crippen molar-refractivity contribution in [1.82, 2.24) is 10.2 Å². The van der Waals surface area contributed by atoms with Gasteiger partial charge < -0.3 is 10.2 Å². The van der Waals surface area contributed by atoms with E-state index in [9.17, 15) is 18.0 Å². The zero-order chi connectivity index (χ0) is 26.4. The van der Waals surface area contributed by atoms with Gasteiger partial charge in [-0.05, 0) is 71.2 Å². The third kappa shape index (κ3) is 8.69. The summed E-state index contributed by atoms with van der Waals surface area (Å²) in [7, 11) is -3.51. The second-order valence-electron chi connectivity index (χ2n) is 10.1. The molecule has 35 heavy (non-hydrogen) atoms. The number of sulfonamides is 1. The van der Waals surface area contributed by atoms with E-state index in [-0.39, 0.29) is 24.8 Å². The van der Waals surface area contributed by atoms with Crippen molar-refractivity contribution < 1.29 is 18.0 Å². The van der Waals surface area contributed by atoms with Crippen molar-refractivity contribution in [3.8, 4) is 0 Å². The highest BCUT2D eigenvalue weighted by atomic mass is 32.2. The first-order chi connectivity index (χ1) is 16.2. The highest BCUT2D eigenvalue weighted by Gasteiger charge is 2.29. The molecule has 2 aromatic carbocycles. The predicted octanol–water partition coefficient (Wildman–Crippen LogP) is 4.18. The van der Waals surface area contributed by atoms with Gasteiger partial charge in [0.25, 0.3) is 0 Å². The van der Waals surface area contributed by atoms with Crippen LogP contribution in [0.15, 0.2) is 48.5 Å². The number of carbonyl (C=O) groups is 2. The average molecular weight is 502 g/mol. The molecule has 7 nitrogen and oxygen atoms in total. The minimum atomic E-state index is -3.51. The molecule has 2 amide bonds. The molecular formula is C27H39N3O4S. The van der Waals surface area contributed by atoms with Crippen LogP contribution in [0.1, 0.15) is 57.2 Å². The quantitative estimate of drug-likeness (QED) is 0.529. The molecule has 0 spiro atoms. The van der Waals surface area contributed by atoms with Crippen LogP contribution < -0.4 is 9.62 Å². The fourth-order valence-corrected chi connectivity index (χ4v) is 4.71. The van der Waals surface area contributed by atoms with Crippen molar-refractivity contribution in [2.24, 2.45) is 0 Å². The van der Waals surface area contributed by atoms with Gasteiger partial charge in [0.2, 0.25) is 21.8 Å². The third-order valence-electron chi connectivity index (χ3n) is 5.74. The standard InChI is InChI=1S/C27H39N3O4S/c1-20-14-16-24(17-15-20)30(35(7,33)34)18-10-13-25(31)29(19-23-12-9-8-11-21(23)2)22(3)26(32)28-27(4,5)6/h8-9,11-12,14-17,22H,10,13,18-19H2,1-7H3,(H,28,32). The number of carbonyl (C=O) groups excluding carboxylic acids is 2. The Morgan fingerprint density at radius 3 is 2.14 bits per heavy atom. The van der Waals surface area contributed by atoms with Crippen LogP contribution in [0.3, 0.4) is 0 Å². The van der Waals surface area contributed by atoms with E-state index >= 15 is 0 Å². The van der Waals surface area contributed by atoms with Crippen LogP contribution in [0.25, 0.3) is 0 Å². The van der Waals surface area contributed by atoms with Gasteiger partial charge in [0.1, 0.15) is 6.04 Å². The van der Waals surface area contributed by atoms with Crippen LogP contribution in [-0.2, 0) is 26.2 Å². The number of amides is 2. The van der Waals surface area contributed by atoms with Gasteiger partial charge in [0.15, 0.2) is 0 Å². The van der Waals surface area contributed by atoms with Gasteiger partial charge >= 0.3 is 0 Å². The molecule has 1 unspecified atom stereocenters. The molecule has 0 aliphatic heterocycles. The number of benzene rings is 2. The van der Waals surface area contributed by atoms with Crippen LogP contribution in [0.5, 0.6) is 0 Å². The Bertz CT molecular complexity index is 1120. The van der Waals surface area contributed by atoms with Crippen LogP contribution in [0.2, 0.25) is 0 Å². The predicted molar refractivity (Wildman–Crippen MR) is 142 cm³/mol. The van der Waals surface area contributed by atoms with E-state index in [0.29, 0.717) is 18.7 Å². The van der Waals surface area contributed by atoms with Crippen LogP contribution in [-0.4, -0.2) is 49.5 Å². The van der Waals surface area contributed by atoms with Crippen molar-refractivity contribution in [3.63, 3.8) is 0 Å². The molecule has 2 rings (SSSR count). The minimum absolute atomic E-state index is 0.122. The van der Waals surface area contributed by atoms with E-state index in [1.165, 1.54) is 4.31 Å². The maximum absolute atomic E-state index is 13.4. The van der Waals surface area contributed by atoms with Crippen LogP contribution in [0.4, 0.5) is 5.69 Å². The Morgan fingerprint density at radius 1 is 1.00 bits per heavy atom. The van der Waals surface area contributed by atoms with Gasteiger partial charge in [-0.25, -0.2) is 8.42 Å². The van der Waals surface area contributed by atoms with Crippen molar-refractivity contribution in [2.75, 3.05) is 17.1 Å². The van der Waals surface area contributed by atoms with E-state index in [2.05, 4.69) is 5.32 Å². The maximum atomic E-state index is 13.4. The summed E-state index contributed by atoms with van der Waals surface area (Å²) >= 11 is 0. The van der Waals surface area contributed by atoms with E-state index in [1.807, 2.05) is 71.0 Å². The molecule has 0 heterocycles. The average Bonchev–Trinajstić information content (AvgIpc) is 2.74. The van der Waals surface area contributed by atoms with E-state index in [1.54, 1.807) is 24.0 Å². The highest BCUT2D eigenvalue weighted by Crippen LogP contribution is 2.20. The van der Waals surface area contributed by atoms with Gasteiger partial charge in [-0.2, -0.15) is 0 Å². The summed E-state index contributed by atoms with van der Waals surface area (Å²) in [5.74, 6) is -0.418. The fraction of sp³-hybridized carbons (Fsp3) is 0.481. The third-order valence-corrected chi connectivity index (χ3v) is 6.94. The molecule has 2 aromatic rings. The molecule has 0 bridgehead atoms. The topological polar surface area (TPSA) is 86.8 Å². The number of nitrogens with zero attached hydrogens (tertiary/aromatic N) is 2. The highest BCUT2D eigenvalue weighted by molar-refractivity contribution is 7.92. The first-order valence-electron chi connectivity index (χ1n) is 11.9. The molecule has 1 atom stereocenters. The van der Waals surface area contributed by atoms with E-state index < -0.39 is 21.6 Å². The number of aryl methyl sites for hydroxylation is 2. The molecule has 0 aliphatic rings. The fourth-order valence-electron chi connectivity index (χ4n) is 3.74. The molecule has 1 N–H and O–H groups in total. The smallest absolute Gasteiger partial charge is 0.242 e. The second-order valence-corrected chi connectivity index (χ2v) is 12.0. The first-order valence-corrected chi connectivity index (χ1v) is 13.7. The summed E-state index contributed by atoms with van der Waals surface area (Å²) in [5, 5.41) is 2.95. The van der Waals surface area contributed by atoms with Gasteiger partial charge in [-0.1, -0.05) is 42.0 Å². The first kappa shape index (κ1) is 28.4. The second kappa shape index (κ2) is 11.7. The van der Waals surface area contributed by atoms with Crippen molar-refractivity contribution in [1.29, 1.82) is 0 Å². The molecule has 0 saturated heterocycles. The Labute approximate surface area is 210 Å². The lowest BCUT2D eigenvalue weighted by Crippen LogP contribution is -2.52. The lowest BCUT2D eigenvalue weighted by Gasteiger charge is -2.32. The normalized spacial score (nSPS) is 12.7. The minimum Gasteiger partial charge on any atom is -0.350 e. The summed E-state index contributed by atoms with van der Waals surface area (Å²) in [6.45, 7) is 11.8. The van der Waals surface area contributed by atoms with E-state index in [0.717, 1.165) is 22.9 Å². The maximum Gasteiger partial charge on any atom is 0.242 e.